The molecule has 0 spiro atoms. The lowest BCUT2D eigenvalue weighted by atomic mass is 9.85. The molecule has 1 aliphatic heterocycles. The van der Waals surface area contributed by atoms with E-state index in [-0.39, 0.29) is 37.0 Å². The number of benzene rings is 1. The van der Waals surface area contributed by atoms with Crippen molar-refractivity contribution in [2.24, 2.45) is 5.41 Å². The molecule has 2 amide bonds. The van der Waals surface area contributed by atoms with Gasteiger partial charge >= 0.3 is 6.18 Å². The van der Waals surface area contributed by atoms with Crippen LogP contribution in [0.3, 0.4) is 0 Å². The Bertz CT molecular complexity index is 1130. The summed E-state index contributed by atoms with van der Waals surface area (Å²) < 4.78 is 41.7. The molecular weight excluding hydrogens is 505 g/mol. The molecule has 1 fully saturated rings. The molecule has 37 heavy (non-hydrogen) atoms. The summed E-state index contributed by atoms with van der Waals surface area (Å²) in [6, 6.07) is 2.43. The fourth-order valence-corrected chi connectivity index (χ4v) is 5.31. The molecule has 3 N–H and O–H groups in total. The third kappa shape index (κ3) is 6.88. The Morgan fingerprint density at radius 1 is 1.24 bits per heavy atom. The summed E-state index contributed by atoms with van der Waals surface area (Å²) in [5.74, 6) is -0.921. The van der Waals surface area contributed by atoms with Gasteiger partial charge in [0.15, 0.2) is 0 Å². The first-order valence-electron chi connectivity index (χ1n) is 12.2. The topological polar surface area (TPSA) is 94.6 Å². The van der Waals surface area contributed by atoms with Gasteiger partial charge in [0.05, 0.1) is 33.8 Å². The number of likely N-dealkylation sites (tertiary alicyclic amines) is 1. The van der Waals surface area contributed by atoms with Crippen molar-refractivity contribution in [1.82, 2.24) is 20.5 Å². The molecule has 11 heteroatoms. The highest BCUT2D eigenvalue weighted by Gasteiger charge is 2.44. The predicted molar refractivity (Wildman–Crippen MR) is 137 cm³/mol. The number of alkyl halides is 3. The second-order valence-corrected chi connectivity index (χ2v) is 11.7. The van der Waals surface area contributed by atoms with Crippen molar-refractivity contribution in [2.45, 2.75) is 84.9 Å². The molecule has 7 nitrogen and oxygen atoms in total. The SMILES string of the molecule is Cc1ncsc1-c1ccc(CNC(=O)C2C[C@@H](O)CN2C(=O)[C@@H](NC(C)C)C(C)(C)C)c(C(F)(F)F)c1. The number of aromatic nitrogens is 1. The smallest absolute Gasteiger partial charge is 0.391 e. The van der Waals surface area contributed by atoms with Gasteiger partial charge < -0.3 is 20.6 Å². The lowest BCUT2D eigenvalue weighted by molar-refractivity contribution is -0.142. The first-order chi connectivity index (χ1) is 17.1. The Morgan fingerprint density at radius 2 is 1.92 bits per heavy atom. The number of halogens is 3. The molecule has 3 rings (SSSR count). The van der Waals surface area contributed by atoms with Gasteiger partial charge in [-0.15, -0.1) is 11.3 Å². The number of aryl methyl sites for hydroxylation is 1. The van der Waals surface area contributed by atoms with Crippen LogP contribution in [0.4, 0.5) is 13.2 Å². The Labute approximate surface area is 219 Å². The first kappa shape index (κ1) is 29.1. The molecule has 0 aliphatic carbocycles. The largest absolute Gasteiger partial charge is 0.416 e. The van der Waals surface area contributed by atoms with Gasteiger partial charge in [-0.05, 0) is 29.5 Å². The molecule has 204 valence electrons. The second-order valence-electron chi connectivity index (χ2n) is 10.9. The number of aliphatic hydroxyl groups excluding tert-OH is 1. The van der Waals surface area contributed by atoms with E-state index in [1.807, 2.05) is 34.6 Å². The molecule has 0 radical (unpaired) electrons. The summed E-state index contributed by atoms with van der Waals surface area (Å²) in [4.78, 5) is 32.6. The Morgan fingerprint density at radius 3 is 2.46 bits per heavy atom. The van der Waals surface area contributed by atoms with Crippen LogP contribution in [0.2, 0.25) is 0 Å². The van der Waals surface area contributed by atoms with E-state index in [0.29, 0.717) is 16.1 Å². The molecule has 1 aliphatic rings. The molecule has 1 unspecified atom stereocenters. The zero-order valence-corrected chi connectivity index (χ0v) is 22.8. The van der Waals surface area contributed by atoms with Gasteiger partial charge in [0.2, 0.25) is 11.8 Å². The summed E-state index contributed by atoms with van der Waals surface area (Å²) in [5.41, 5.74) is 1.24. The number of hydrogen-bond donors (Lipinski definition) is 3. The van der Waals surface area contributed by atoms with Crippen molar-refractivity contribution >= 4 is 23.2 Å². The maximum Gasteiger partial charge on any atom is 0.416 e. The van der Waals surface area contributed by atoms with Gasteiger partial charge in [0, 0.05) is 25.6 Å². The van der Waals surface area contributed by atoms with Crippen molar-refractivity contribution in [3.05, 3.63) is 40.5 Å². The maximum atomic E-state index is 13.9. The number of β-amino-alcohol motifs (C(OH)–C–C–N with tert-alkyl or cyclic N) is 1. The molecule has 0 bridgehead atoms. The summed E-state index contributed by atoms with van der Waals surface area (Å²) in [5, 5.41) is 16.1. The van der Waals surface area contributed by atoms with E-state index in [2.05, 4.69) is 15.6 Å². The van der Waals surface area contributed by atoms with E-state index in [1.54, 1.807) is 18.5 Å². The molecule has 1 aromatic heterocycles. The Hall–Kier alpha value is -2.50. The minimum absolute atomic E-state index is 0.00508. The summed E-state index contributed by atoms with van der Waals surface area (Å²) in [7, 11) is 0. The number of thiazole rings is 1. The summed E-state index contributed by atoms with van der Waals surface area (Å²) >= 11 is 1.26. The van der Waals surface area contributed by atoms with E-state index in [1.165, 1.54) is 22.3 Å². The molecule has 1 aromatic carbocycles. The number of nitrogens with one attached hydrogen (secondary N) is 2. The highest BCUT2D eigenvalue weighted by atomic mass is 32.1. The van der Waals surface area contributed by atoms with Gasteiger partial charge in [-0.3, -0.25) is 9.59 Å². The first-order valence-corrected chi connectivity index (χ1v) is 13.1. The van der Waals surface area contributed by atoms with Gasteiger partial charge in [-0.1, -0.05) is 46.8 Å². The minimum atomic E-state index is -4.62. The number of hydrogen-bond acceptors (Lipinski definition) is 6. The van der Waals surface area contributed by atoms with Crippen LogP contribution in [-0.4, -0.2) is 57.6 Å². The summed E-state index contributed by atoms with van der Waals surface area (Å²) in [6.45, 7) is 10.9. The number of carbonyl (C=O) groups is 2. The van der Waals surface area contributed by atoms with Gasteiger partial charge in [-0.25, -0.2) is 4.98 Å². The van der Waals surface area contributed by atoms with E-state index >= 15 is 0 Å². The van der Waals surface area contributed by atoms with Crippen molar-refractivity contribution < 1.29 is 27.9 Å². The monoisotopic (exact) mass is 540 g/mol. The lowest BCUT2D eigenvalue weighted by Gasteiger charge is -2.36. The van der Waals surface area contributed by atoms with Crippen LogP contribution in [0.15, 0.2) is 23.7 Å². The van der Waals surface area contributed by atoms with Crippen molar-refractivity contribution in [2.75, 3.05) is 6.54 Å². The van der Waals surface area contributed by atoms with Crippen molar-refractivity contribution in [1.29, 1.82) is 0 Å². The van der Waals surface area contributed by atoms with Crippen LogP contribution >= 0.6 is 11.3 Å². The molecular formula is C26H35F3N4O3S. The van der Waals surface area contributed by atoms with E-state index in [4.69, 9.17) is 0 Å². The van der Waals surface area contributed by atoms with Gasteiger partial charge in [0.25, 0.3) is 0 Å². The van der Waals surface area contributed by atoms with E-state index in [0.717, 1.165) is 6.07 Å². The standard InChI is InChI=1S/C26H35F3N4O3S/c1-14(2)32-22(25(4,5)6)24(36)33-12-18(34)10-20(33)23(35)30-11-17-8-7-16(9-19(17)26(27,28)29)21-15(3)31-13-37-21/h7-9,13-14,18,20,22,32,34H,10-12H2,1-6H3,(H,30,35)/t18-,20?,22-/m1/s1. The van der Waals surface area contributed by atoms with Crippen LogP contribution in [0.25, 0.3) is 10.4 Å². The predicted octanol–water partition coefficient (Wildman–Crippen LogP) is 4.13. The molecule has 2 aromatic rings. The van der Waals surface area contributed by atoms with Gasteiger partial charge in [0.1, 0.15) is 6.04 Å². The highest BCUT2D eigenvalue weighted by Crippen LogP contribution is 2.37. The van der Waals surface area contributed by atoms with E-state index in [9.17, 15) is 27.9 Å². The molecule has 2 heterocycles. The van der Waals surface area contributed by atoms with Crippen LogP contribution in [-0.2, 0) is 22.3 Å². The van der Waals surface area contributed by atoms with Crippen molar-refractivity contribution in [3.63, 3.8) is 0 Å². The number of rotatable bonds is 7. The van der Waals surface area contributed by atoms with Crippen molar-refractivity contribution in [3.8, 4) is 10.4 Å². The Balaban J connectivity index is 1.81. The fraction of sp³-hybridized carbons (Fsp3) is 0.577. The number of aliphatic hydroxyl groups is 1. The van der Waals surface area contributed by atoms with Crippen LogP contribution < -0.4 is 10.6 Å². The Kier molecular flexibility index (Phi) is 8.71. The fourth-order valence-electron chi connectivity index (χ4n) is 4.51. The van der Waals surface area contributed by atoms with Gasteiger partial charge in [-0.2, -0.15) is 13.2 Å². The zero-order chi connectivity index (χ0) is 27.7. The average Bonchev–Trinajstić information content (AvgIpc) is 3.39. The maximum absolute atomic E-state index is 13.9. The van der Waals surface area contributed by atoms with Crippen LogP contribution in [0.5, 0.6) is 0 Å². The highest BCUT2D eigenvalue weighted by molar-refractivity contribution is 7.13. The lowest BCUT2D eigenvalue weighted by Crippen LogP contribution is -2.57. The number of carbonyl (C=O) groups excluding carboxylic acids is 2. The normalized spacial score (nSPS) is 19.4. The third-order valence-electron chi connectivity index (χ3n) is 6.35. The van der Waals surface area contributed by atoms with Crippen LogP contribution in [0, 0.1) is 12.3 Å². The molecule has 1 saturated heterocycles. The minimum Gasteiger partial charge on any atom is -0.391 e. The van der Waals surface area contributed by atoms with E-state index < -0.39 is 41.2 Å². The third-order valence-corrected chi connectivity index (χ3v) is 7.33. The second kappa shape index (κ2) is 11.1. The quantitative estimate of drug-likeness (QED) is 0.491. The average molecular weight is 541 g/mol. The summed E-state index contributed by atoms with van der Waals surface area (Å²) in [6.07, 6.45) is -5.50. The van der Waals surface area contributed by atoms with Crippen LogP contribution in [0.1, 0.15) is 57.9 Å². The zero-order valence-electron chi connectivity index (χ0n) is 21.9. The number of nitrogens with zero attached hydrogens (tertiary/aromatic N) is 2. The molecule has 0 saturated carbocycles. The number of amides is 2. The molecule has 3 atom stereocenters.